The average molecular weight is 257 g/mol. The van der Waals surface area contributed by atoms with Crippen molar-refractivity contribution in [2.75, 3.05) is 0 Å². The Bertz CT molecular complexity index is 419. The van der Waals surface area contributed by atoms with Crippen molar-refractivity contribution in [2.24, 2.45) is 7.05 Å². The molecular weight excluding hydrogens is 248 g/mol. The highest BCUT2D eigenvalue weighted by atomic mass is 79.9. The van der Waals surface area contributed by atoms with Gasteiger partial charge in [-0.1, -0.05) is 26.4 Å². The summed E-state index contributed by atoms with van der Waals surface area (Å²) in [4.78, 5) is 0. The third kappa shape index (κ3) is 1.98. The van der Waals surface area contributed by atoms with Crippen LogP contribution in [-0.4, -0.2) is 30.0 Å². The second-order valence-corrected chi connectivity index (χ2v) is 3.49. The van der Waals surface area contributed by atoms with Crippen molar-refractivity contribution in [1.82, 2.24) is 30.0 Å². The minimum Gasteiger partial charge on any atom is -0.255 e. The van der Waals surface area contributed by atoms with E-state index in [1.807, 2.05) is 19.4 Å². The molecule has 2 aromatic rings. The topological polar surface area (TPSA) is 61.4 Å². The van der Waals surface area contributed by atoms with Gasteiger partial charge in [-0.05, 0) is 0 Å². The van der Waals surface area contributed by atoms with Gasteiger partial charge >= 0.3 is 0 Å². The van der Waals surface area contributed by atoms with Crippen LogP contribution in [0.4, 0.5) is 0 Å². The lowest BCUT2D eigenvalue weighted by Gasteiger charge is -1.92. The number of nitrogens with zero attached hydrogens (tertiary/aromatic N) is 6. The number of hydrogen-bond acceptors (Lipinski definition) is 4. The lowest BCUT2D eigenvalue weighted by molar-refractivity contribution is 0.636. The molecule has 0 saturated heterocycles. The Labute approximate surface area is 89.0 Å². The van der Waals surface area contributed by atoms with E-state index in [1.165, 1.54) is 0 Å². The Morgan fingerprint density at radius 3 is 2.57 bits per heavy atom. The molecule has 0 aliphatic rings. The van der Waals surface area contributed by atoms with E-state index in [9.17, 15) is 0 Å². The molecule has 0 radical (unpaired) electrons. The molecule has 0 fully saturated rings. The van der Waals surface area contributed by atoms with E-state index in [4.69, 9.17) is 0 Å². The summed E-state index contributed by atoms with van der Waals surface area (Å²) in [7, 11) is 1.84. The molecule has 7 heteroatoms. The zero-order valence-corrected chi connectivity index (χ0v) is 9.22. The van der Waals surface area contributed by atoms with Crippen molar-refractivity contribution >= 4 is 15.9 Å². The molecule has 14 heavy (non-hydrogen) atoms. The van der Waals surface area contributed by atoms with Gasteiger partial charge in [-0.3, -0.25) is 4.68 Å². The van der Waals surface area contributed by atoms with Gasteiger partial charge in [-0.2, -0.15) is 0 Å². The molecular formula is C7H9BrN6. The summed E-state index contributed by atoms with van der Waals surface area (Å²) in [6, 6.07) is 0. The van der Waals surface area contributed by atoms with Crippen molar-refractivity contribution in [3.63, 3.8) is 0 Å². The molecule has 2 rings (SSSR count). The van der Waals surface area contributed by atoms with E-state index in [1.54, 1.807) is 9.36 Å². The molecule has 0 aliphatic carbocycles. The molecule has 6 nitrogen and oxygen atoms in total. The van der Waals surface area contributed by atoms with Crippen LogP contribution in [0.5, 0.6) is 0 Å². The van der Waals surface area contributed by atoms with Crippen molar-refractivity contribution < 1.29 is 0 Å². The molecule has 0 amide bonds. The Morgan fingerprint density at radius 1 is 1.21 bits per heavy atom. The van der Waals surface area contributed by atoms with Gasteiger partial charge in [-0.25, -0.2) is 4.68 Å². The number of aromatic nitrogens is 6. The number of rotatable bonds is 3. The van der Waals surface area contributed by atoms with E-state index >= 15 is 0 Å². The summed E-state index contributed by atoms with van der Waals surface area (Å²) in [5, 5.41) is 16.4. The molecule has 0 N–H and O–H groups in total. The maximum Gasteiger partial charge on any atom is 0.104 e. The van der Waals surface area contributed by atoms with Crippen LogP contribution in [0.1, 0.15) is 11.4 Å². The highest BCUT2D eigenvalue weighted by Gasteiger charge is 2.02. The van der Waals surface area contributed by atoms with Gasteiger partial charge in [-0.15, -0.1) is 10.2 Å². The van der Waals surface area contributed by atoms with Crippen LogP contribution in [0.2, 0.25) is 0 Å². The lowest BCUT2D eigenvalue weighted by Crippen LogP contribution is -2.00. The molecule has 2 aromatic heterocycles. The fourth-order valence-corrected chi connectivity index (χ4v) is 1.37. The standard InChI is InChI=1S/C7H9BrN6/c1-13-3-7(10-11-13)5-14-4-6(2-8)9-12-14/h3-4H,2,5H2,1H3. The monoisotopic (exact) mass is 256 g/mol. The first-order chi connectivity index (χ1) is 6.78. The molecule has 0 saturated carbocycles. The predicted molar refractivity (Wildman–Crippen MR) is 52.8 cm³/mol. The Balaban J connectivity index is 2.10. The molecule has 74 valence electrons. The molecule has 0 aromatic carbocycles. The lowest BCUT2D eigenvalue weighted by atomic mass is 10.5. The minimum absolute atomic E-state index is 0.605. The summed E-state index contributed by atoms with van der Waals surface area (Å²) < 4.78 is 3.40. The quantitative estimate of drug-likeness (QED) is 0.744. The Kier molecular flexibility index (Phi) is 2.58. The van der Waals surface area contributed by atoms with E-state index in [-0.39, 0.29) is 0 Å². The molecule has 0 unspecified atom stereocenters. The Hall–Kier alpha value is -1.24. The molecule has 0 bridgehead atoms. The first-order valence-electron chi connectivity index (χ1n) is 4.08. The van der Waals surface area contributed by atoms with Gasteiger partial charge in [0.2, 0.25) is 0 Å². The molecule has 0 atom stereocenters. The first-order valence-corrected chi connectivity index (χ1v) is 5.20. The van der Waals surface area contributed by atoms with E-state index in [2.05, 4.69) is 36.6 Å². The van der Waals surface area contributed by atoms with E-state index in [0.717, 1.165) is 11.4 Å². The molecule has 0 aliphatic heterocycles. The van der Waals surface area contributed by atoms with Crippen molar-refractivity contribution in [3.05, 3.63) is 23.8 Å². The molecule has 2 heterocycles. The van der Waals surface area contributed by atoms with Crippen LogP contribution in [-0.2, 0) is 18.9 Å². The van der Waals surface area contributed by atoms with Crippen LogP contribution >= 0.6 is 15.9 Å². The molecule has 0 spiro atoms. The number of halogens is 1. The maximum atomic E-state index is 3.96. The highest BCUT2D eigenvalue weighted by Crippen LogP contribution is 2.01. The number of hydrogen-bond donors (Lipinski definition) is 0. The summed E-state index contributed by atoms with van der Waals surface area (Å²) >= 11 is 3.31. The van der Waals surface area contributed by atoms with E-state index < -0.39 is 0 Å². The fraction of sp³-hybridized carbons (Fsp3) is 0.429. The normalized spacial score (nSPS) is 10.7. The van der Waals surface area contributed by atoms with Gasteiger partial charge in [0.05, 0.1) is 12.2 Å². The van der Waals surface area contributed by atoms with Crippen LogP contribution in [0, 0.1) is 0 Å². The van der Waals surface area contributed by atoms with Crippen LogP contribution in [0.25, 0.3) is 0 Å². The van der Waals surface area contributed by atoms with Gasteiger partial charge in [0.1, 0.15) is 5.69 Å². The summed E-state index contributed by atoms with van der Waals surface area (Å²) in [6.45, 7) is 0.605. The average Bonchev–Trinajstić information content (AvgIpc) is 2.76. The van der Waals surface area contributed by atoms with Crippen LogP contribution < -0.4 is 0 Å². The van der Waals surface area contributed by atoms with Crippen molar-refractivity contribution in [2.45, 2.75) is 11.9 Å². The fourth-order valence-electron chi connectivity index (χ4n) is 1.11. The highest BCUT2D eigenvalue weighted by molar-refractivity contribution is 9.08. The Morgan fingerprint density at radius 2 is 2.00 bits per heavy atom. The maximum absolute atomic E-state index is 3.96. The third-order valence-corrected chi connectivity index (χ3v) is 2.27. The summed E-state index contributed by atoms with van der Waals surface area (Å²) in [6.07, 6.45) is 3.74. The smallest absolute Gasteiger partial charge is 0.104 e. The van der Waals surface area contributed by atoms with Gasteiger partial charge < -0.3 is 0 Å². The second kappa shape index (κ2) is 3.87. The first kappa shape index (κ1) is 9.32. The van der Waals surface area contributed by atoms with Crippen molar-refractivity contribution in [1.29, 1.82) is 0 Å². The van der Waals surface area contributed by atoms with E-state index in [0.29, 0.717) is 11.9 Å². The minimum atomic E-state index is 0.605. The van der Waals surface area contributed by atoms with Gasteiger partial charge in [0.25, 0.3) is 0 Å². The zero-order chi connectivity index (χ0) is 9.97. The third-order valence-electron chi connectivity index (χ3n) is 1.70. The summed E-state index contributed by atoms with van der Waals surface area (Å²) in [5.74, 6) is 0. The number of aryl methyl sites for hydroxylation is 1. The van der Waals surface area contributed by atoms with Crippen LogP contribution in [0.3, 0.4) is 0 Å². The largest absolute Gasteiger partial charge is 0.255 e. The van der Waals surface area contributed by atoms with Gasteiger partial charge in [0, 0.05) is 24.8 Å². The second-order valence-electron chi connectivity index (χ2n) is 2.92. The van der Waals surface area contributed by atoms with Gasteiger partial charge in [0.15, 0.2) is 0 Å². The van der Waals surface area contributed by atoms with Crippen LogP contribution in [0.15, 0.2) is 12.4 Å². The SMILES string of the molecule is Cn1cc(Cn2cc(CBr)nn2)nn1. The van der Waals surface area contributed by atoms with Crippen molar-refractivity contribution in [3.8, 4) is 0 Å². The zero-order valence-electron chi connectivity index (χ0n) is 7.63. The predicted octanol–water partition coefficient (Wildman–Crippen LogP) is 0.350. The summed E-state index contributed by atoms with van der Waals surface area (Å²) in [5.41, 5.74) is 1.78. The number of alkyl halides is 1.